The fourth-order valence-electron chi connectivity index (χ4n) is 1.77. The van der Waals surface area contributed by atoms with Crippen LogP contribution in [-0.4, -0.2) is 15.3 Å². The Labute approximate surface area is 100 Å². The topological polar surface area (TPSA) is 25.2 Å². The molecular weight excluding hydrogens is 222 g/mol. The Morgan fingerprint density at radius 1 is 1.31 bits per heavy atom. The molecule has 0 aliphatic carbocycles. The van der Waals surface area contributed by atoms with Crippen LogP contribution in [0.2, 0.25) is 5.02 Å². The van der Waals surface area contributed by atoms with Gasteiger partial charge in [-0.15, -0.1) is 0 Å². The van der Waals surface area contributed by atoms with Gasteiger partial charge in [-0.05, 0) is 38.5 Å². The van der Waals surface area contributed by atoms with E-state index in [-0.39, 0.29) is 0 Å². The first-order valence-corrected chi connectivity index (χ1v) is 5.81. The number of rotatable bonds is 3. The number of fused-ring (bicyclic) bond motifs is 1. The van der Waals surface area contributed by atoms with Crippen LogP contribution in [0.4, 0.5) is 0 Å². The molecule has 0 bridgehead atoms. The molecule has 0 aliphatic rings. The summed E-state index contributed by atoms with van der Waals surface area (Å²) in [6.45, 7) is 4.45. The lowest BCUT2D eigenvalue weighted by Gasteiger charge is -2.17. The number of nitrogens with zero attached hydrogens (tertiary/aromatic N) is 1. The van der Waals surface area contributed by atoms with Gasteiger partial charge in [0.15, 0.2) is 0 Å². The minimum Gasteiger partial charge on any atom is -0.390 e. The zero-order valence-corrected chi connectivity index (χ0v) is 10.3. The summed E-state index contributed by atoms with van der Waals surface area (Å²) in [4.78, 5) is 0. The smallest absolute Gasteiger partial charge is 0.0608 e. The first-order valence-electron chi connectivity index (χ1n) is 5.43. The van der Waals surface area contributed by atoms with E-state index in [1.54, 1.807) is 0 Å². The van der Waals surface area contributed by atoms with Crippen LogP contribution in [0, 0.1) is 0 Å². The lowest BCUT2D eigenvalue weighted by molar-refractivity contribution is 0.0666. The zero-order chi connectivity index (χ0) is 11.8. The molecule has 0 aliphatic heterocycles. The molecule has 1 aromatic carbocycles. The van der Waals surface area contributed by atoms with Crippen molar-refractivity contribution < 1.29 is 5.11 Å². The zero-order valence-electron chi connectivity index (χ0n) is 9.57. The van der Waals surface area contributed by atoms with Gasteiger partial charge in [-0.25, -0.2) is 0 Å². The maximum atomic E-state index is 9.70. The molecule has 0 saturated heterocycles. The molecule has 2 aromatic rings. The van der Waals surface area contributed by atoms with E-state index in [0.717, 1.165) is 28.9 Å². The second kappa shape index (κ2) is 4.11. The van der Waals surface area contributed by atoms with E-state index in [2.05, 4.69) is 4.57 Å². The lowest BCUT2D eigenvalue weighted by Crippen LogP contribution is -2.20. The van der Waals surface area contributed by atoms with Gasteiger partial charge >= 0.3 is 0 Å². The molecule has 0 saturated carbocycles. The van der Waals surface area contributed by atoms with Gasteiger partial charge in [-0.2, -0.15) is 0 Å². The van der Waals surface area contributed by atoms with Crippen molar-refractivity contribution in [3.8, 4) is 0 Å². The van der Waals surface area contributed by atoms with Crippen molar-refractivity contribution in [3.63, 3.8) is 0 Å². The van der Waals surface area contributed by atoms with Crippen LogP contribution in [0.5, 0.6) is 0 Å². The Hall–Kier alpha value is -0.990. The Morgan fingerprint density at radius 2 is 2.06 bits per heavy atom. The van der Waals surface area contributed by atoms with Crippen molar-refractivity contribution in [2.75, 3.05) is 0 Å². The van der Waals surface area contributed by atoms with Gasteiger partial charge in [0.25, 0.3) is 0 Å². The van der Waals surface area contributed by atoms with E-state index < -0.39 is 5.60 Å². The molecule has 0 radical (unpaired) electrons. The summed E-state index contributed by atoms with van der Waals surface area (Å²) in [5.41, 5.74) is 0.492. The normalized spacial score (nSPS) is 12.2. The molecule has 2 nitrogen and oxygen atoms in total. The number of hydrogen-bond donors (Lipinski definition) is 1. The fourth-order valence-corrected chi connectivity index (χ4v) is 2.01. The molecule has 1 N–H and O–H groups in total. The third-order valence-corrected chi connectivity index (χ3v) is 3.05. The van der Waals surface area contributed by atoms with Gasteiger partial charge in [0.2, 0.25) is 0 Å². The molecule has 0 amide bonds. The summed E-state index contributed by atoms with van der Waals surface area (Å²) in [5, 5.41) is 11.6. The third kappa shape index (κ3) is 2.39. The molecule has 0 fully saturated rings. The number of aliphatic hydroxyl groups is 1. The summed E-state index contributed by atoms with van der Waals surface area (Å²) >= 11 is 6.10. The van der Waals surface area contributed by atoms with Crippen molar-refractivity contribution in [2.24, 2.45) is 0 Å². The predicted molar refractivity (Wildman–Crippen MR) is 67.9 cm³/mol. The molecule has 0 atom stereocenters. The predicted octanol–water partition coefficient (Wildman–Crippen LogP) is 3.46. The number of halogens is 1. The quantitative estimate of drug-likeness (QED) is 0.869. The first-order chi connectivity index (χ1) is 7.47. The lowest BCUT2D eigenvalue weighted by atomic mass is 10.1. The molecule has 2 rings (SSSR count). The van der Waals surface area contributed by atoms with Gasteiger partial charge in [-0.1, -0.05) is 17.7 Å². The molecule has 0 unspecified atom stereocenters. The molecule has 16 heavy (non-hydrogen) atoms. The Balaban J connectivity index is 2.29. The number of hydrogen-bond acceptors (Lipinski definition) is 1. The minimum absolute atomic E-state index is 0.630. The van der Waals surface area contributed by atoms with Crippen LogP contribution in [0.3, 0.4) is 0 Å². The molecular formula is C13H16ClNO. The fraction of sp³-hybridized carbons (Fsp3) is 0.385. The Kier molecular flexibility index (Phi) is 2.96. The monoisotopic (exact) mass is 237 g/mol. The van der Waals surface area contributed by atoms with Gasteiger partial charge in [0, 0.05) is 28.7 Å². The third-order valence-electron chi connectivity index (χ3n) is 2.72. The Morgan fingerprint density at radius 3 is 2.75 bits per heavy atom. The number of aromatic nitrogens is 1. The maximum absolute atomic E-state index is 9.70. The summed E-state index contributed by atoms with van der Waals surface area (Å²) in [5.74, 6) is 0. The van der Waals surface area contributed by atoms with Crippen LogP contribution >= 0.6 is 11.6 Å². The summed E-state index contributed by atoms with van der Waals surface area (Å²) in [6, 6.07) is 7.91. The van der Waals surface area contributed by atoms with Gasteiger partial charge in [0.1, 0.15) is 0 Å². The van der Waals surface area contributed by atoms with Crippen LogP contribution in [0.25, 0.3) is 10.9 Å². The highest BCUT2D eigenvalue weighted by atomic mass is 35.5. The standard InChI is InChI=1S/C13H16ClNO/c1-13(2,16)7-9-15-8-6-10-11(14)4-3-5-12(10)15/h3-6,8,16H,7,9H2,1-2H3. The molecule has 1 aromatic heterocycles. The number of aryl methyl sites for hydroxylation is 1. The van der Waals surface area contributed by atoms with Gasteiger partial charge in [-0.3, -0.25) is 0 Å². The van der Waals surface area contributed by atoms with E-state index in [9.17, 15) is 5.11 Å². The molecule has 86 valence electrons. The van der Waals surface area contributed by atoms with E-state index in [4.69, 9.17) is 11.6 Å². The van der Waals surface area contributed by atoms with Crippen molar-refractivity contribution in [2.45, 2.75) is 32.4 Å². The van der Waals surface area contributed by atoms with Crippen molar-refractivity contribution in [1.29, 1.82) is 0 Å². The highest BCUT2D eigenvalue weighted by Gasteiger charge is 2.13. The van der Waals surface area contributed by atoms with Crippen LogP contribution in [0.15, 0.2) is 30.5 Å². The minimum atomic E-state index is -0.630. The van der Waals surface area contributed by atoms with E-state index >= 15 is 0 Å². The SMILES string of the molecule is CC(C)(O)CCn1ccc2c(Cl)cccc21. The number of benzene rings is 1. The highest BCUT2D eigenvalue weighted by Crippen LogP contribution is 2.24. The maximum Gasteiger partial charge on any atom is 0.0608 e. The highest BCUT2D eigenvalue weighted by molar-refractivity contribution is 6.35. The van der Waals surface area contributed by atoms with Crippen molar-refractivity contribution in [3.05, 3.63) is 35.5 Å². The summed E-state index contributed by atoms with van der Waals surface area (Å²) < 4.78 is 2.12. The average molecular weight is 238 g/mol. The second-order valence-electron chi connectivity index (χ2n) is 4.74. The first kappa shape index (κ1) is 11.5. The van der Waals surface area contributed by atoms with Crippen LogP contribution in [-0.2, 0) is 6.54 Å². The average Bonchev–Trinajstić information content (AvgIpc) is 2.58. The summed E-state index contributed by atoms with van der Waals surface area (Å²) in [6.07, 6.45) is 2.74. The van der Waals surface area contributed by atoms with Gasteiger partial charge < -0.3 is 9.67 Å². The molecule has 0 spiro atoms. The van der Waals surface area contributed by atoms with Crippen molar-refractivity contribution in [1.82, 2.24) is 4.57 Å². The van der Waals surface area contributed by atoms with Crippen LogP contribution < -0.4 is 0 Å². The molecule has 1 heterocycles. The second-order valence-corrected chi connectivity index (χ2v) is 5.15. The van der Waals surface area contributed by atoms with Gasteiger partial charge in [0.05, 0.1) is 5.60 Å². The van der Waals surface area contributed by atoms with Crippen LogP contribution in [0.1, 0.15) is 20.3 Å². The van der Waals surface area contributed by atoms with E-state index in [1.807, 2.05) is 44.3 Å². The Bertz CT molecular complexity index is 496. The largest absolute Gasteiger partial charge is 0.390 e. The summed E-state index contributed by atoms with van der Waals surface area (Å²) in [7, 11) is 0. The van der Waals surface area contributed by atoms with E-state index in [0.29, 0.717) is 0 Å². The van der Waals surface area contributed by atoms with E-state index in [1.165, 1.54) is 0 Å². The van der Waals surface area contributed by atoms with Crippen molar-refractivity contribution >= 4 is 22.5 Å². The molecule has 3 heteroatoms.